The van der Waals surface area contributed by atoms with Gasteiger partial charge in [0.25, 0.3) is 11.6 Å². The molecule has 0 aliphatic carbocycles. The quantitative estimate of drug-likeness (QED) is 0.250. The maximum absolute atomic E-state index is 12.2. The first-order chi connectivity index (χ1) is 15.0. The fourth-order valence-corrected chi connectivity index (χ4v) is 3.63. The second-order valence-corrected chi connectivity index (χ2v) is 7.69. The van der Waals surface area contributed by atoms with E-state index in [0.717, 1.165) is 17.3 Å². The number of nitro groups is 1. The fraction of sp³-hybridized carbons (Fsp3) is 0. The molecule has 0 saturated carbocycles. The maximum atomic E-state index is 12.2. The molecule has 2 aromatic carbocycles. The third-order valence-corrected chi connectivity index (χ3v) is 5.35. The van der Waals surface area contributed by atoms with Gasteiger partial charge < -0.3 is 4.42 Å². The van der Waals surface area contributed by atoms with Crippen molar-refractivity contribution in [3.05, 3.63) is 92.0 Å². The van der Waals surface area contributed by atoms with Gasteiger partial charge in [-0.25, -0.2) is 0 Å². The molecule has 31 heavy (non-hydrogen) atoms. The Morgan fingerprint density at radius 2 is 1.94 bits per heavy atom. The Morgan fingerprint density at radius 3 is 2.71 bits per heavy atom. The highest BCUT2D eigenvalue weighted by Gasteiger charge is 2.24. The number of benzene rings is 2. The average Bonchev–Trinajstić information content (AvgIpc) is 3.36. The van der Waals surface area contributed by atoms with E-state index in [2.05, 4.69) is 15.5 Å². The summed E-state index contributed by atoms with van der Waals surface area (Å²) in [6.07, 6.45) is 3.16. The van der Waals surface area contributed by atoms with Crippen LogP contribution in [-0.2, 0) is 4.79 Å². The van der Waals surface area contributed by atoms with Crippen molar-refractivity contribution in [1.29, 1.82) is 0 Å². The average molecular weight is 453 g/mol. The van der Waals surface area contributed by atoms with Gasteiger partial charge in [0.05, 0.1) is 16.0 Å². The van der Waals surface area contributed by atoms with E-state index in [0.29, 0.717) is 27.2 Å². The first kappa shape index (κ1) is 20.6. The van der Waals surface area contributed by atoms with E-state index in [4.69, 9.17) is 16.0 Å². The number of carbonyl (C=O) groups is 1. The highest BCUT2D eigenvalue weighted by molar-refractivity contribution is 8.18. The van der Waals surface area contributed by atoms with Gasteiger partial charge in [0, 0.05) is 17.7 Å². The van der Waals surface area contributed by atoms with E-state index in [9.17, 15) is 14.9 Å². The molecule has 1 N–H and O–H groups in total. The first-order valence-corrected chi connectivity index (χ1v) is 10.1. The van der Waals surface area contributed by atoms with E-state index in [-0.39, 0.29) is 16.6 Å². The number of furan rings is 1. The highest BCUT2D eigenvalue weighted by Crippen LogP contribution is 2.32. The predicted molar refractivity (Wildman–Crippen MR) is 121 cm³/mol. The largest absolute Gasteiger partial charge is 0.457 e. The van der Waals surface area contributed by atoms with Crippen molar-refractivity contribution in [3.63, 3.8) is 0 Å². The number of nitro benzene ring substituents is 1. The molecule has 8 nitrogen and oxygen atoms in total. The summed E-state index contributed by atoms with van der Waals surface area (Å²) in [6, 6.07) is 17.2. The van der Waals surface area contributed by atoms with Crippen molar-refractivity contribution in [2.45, 2.75) is 0 Å². The molecule has 10 heteroatoms. The summed E-state index contributed by atoms with van der Waals surface area (Å²) >= 11 is 6.98. The summed E-state index contributed by atoms with van der Waals surface area (Å²) in [5, 5.41) is 22.1. The lowest BCUT2D eigenvalue weighted by molar-refractivity contribution is -0.384. The van der Waals surface area contributed by atoms with Crippen LogP contribution < -0.4 is 5.32 Å². The Bertz CT molecular complexity index is 1250. The van der Waals surface area contributed by atoms with E-state index in [1.165, 1.54) is 12.1 Å². The maximum Gasteiger partial charge on any atom is 0.288 e. The number of nitrogens with one attached hydrogen (secondary N) is 1. The van der Waals surface area contributed by atoms with Crippen LogP contribution in [0.15, 0.2) is 80.2 Å². The van der Waals surface area contributed by atoms with Crippen molar-refractivity contribution in [2.75, 3.05) is 0 Å². The zero-order chi connectivity index (χ0) is 21.8. The molecular formula is C21H13ClN4O4S. The minimum atomic E-state index is -0.557. The van der Waals surface area contributed by atoms with Gasteiger partial charge in [-0.05, 0) is 41.6 Å². The van der Waals surface area contributed by atoms with E-state index in [1.54, 1.807) is 30.5 Å². The third kappa shape index (κ3) is 4.90. The molecule has 0 spiro atoms. The number of hydrogen-bond acceptors (Lipinski definition) is 7. The highest BCUT2D eigenvalue weighted by atomic mass is 35.5. The van der Waals surface area contributed by atoms with Gasteiger partial charge in [0.1, 0.15) is 16.5 Å². The number of nitrogens with zero attached hydrogens (tertiary/aromatic N) is 3. The van der Waals surface area contributed by atoms with Crippen LogP contribution in [-0.4, -0.2) is 22.2 Å². The predicted octanol–water partition coefficient (Wildman–Crippen LogP) is 5.10. The number of hydrogen-bond donors (Lipinski definition) is 1. The normalized spacial score (nSPS) is 16.4. The molecular weight excluding hydrogens is 440 g/mol. The molecule has 154 valence electrons. The Balaban J connectivity index is 1.50. The second kappa shape index (κ2) is 8.99. The van der Waals surface area contributed by atoms with Crippen molar-refractivity contribution in [1.82, 2.24) is 5.32 Å². The van der Waals surface area contributed by atoms with Crippen LogP contribution in [0.2, 0.25) is 5.02 Å². The number of halogens is 1. The van der Waals surface area contributed by atoms with Crippen LogP contribution in [0.3, 0.4) is 0 Å². The van der Waals surface area contributed by atoms with Crippen LogP contribution >= 0.6 is 23.4 Å². The van der Waals surface area contributed by atoms with Gasteiger partial charge in [-0.2, -0.15) is 5.10 Å². The summed E-state index contributed by atoms with van der Waals surface area (Å²) in [4.78, 5) is 23.1. The summed E-state index contributed by atoms with van der Waals surface area (Å²) in [5.41, 5.74) is 1.18. The molecule has 1 saturated heterocycles. The standard InChI is InChI=1S/C21H13ClN4O4S/c22-16-8-6-14(10-17(16)26(28)29)18-9-7-15(30-18)11-19-20(27)24-21(31-19)25-23-12-13-4-2-1-3-5-13/h1-12H,(H,24,25,27)/b19-11+,23-12-. The molecule has 0 bridgehead atoms. The van der Waals surface area contributed by atoms with Crippen LogP contribution in [0.5, 0.6) is 0 Å². The Kier molecular flexibility index (Phi) is 5.96. The van der Waals surface area contributed by atoms with E-state index in [1.807, 2.05) is 30.3 Å². The lowest BCUT2D eigenvalue weighted by Gasteiger charge is -1.99. The number of amidine groups is 1. The molecule has 1 aliphatic rings. The van der Waals surface area contributed by atoms with Crippen molar-refractivity contribution < 1.29 is 14.1 Å². The number of carbonyl (C=O) groups excluding carboxylic acids is 1. The lowest BCUT2D eigenvalue weighted by atomic mass is 10.1. The number of rotatable bonds is 5. The Labute approximate surface area is 185 Å². The van der Waals surface area contributed by atoms with Crippen molar-refractivity contribution in [3.8, 4) is 11.3 Å². The van der Waals surface area contributed by atoms with Gasteiger partial charge in [0.2, 0.25) is 0 Å². The molecule has 3 aromatic rings. The van der Waals surface area contributed by atoms with Gasteiger partial charge in [-0.15, -0.1) is 5.10 Å². The summed E-state index contributed by atoms with van der Waals surface area (Å²) in [5.74, 6) is 0.509. The summed E-state index contributed by atoms with van der Waals surface area (Å²) in [6.45, 7) is 0. The zero-order valence-corrected chi connectivity index (χ0v) is 17.3. The second-order valence-electron chi connectivity index (χ2n) is 6.25. The summed E-state index contributed by atoms with van der Waals surface area (Å²) in [7, 11) is 0. The topological polar surface area (TPSA) is 110 Å². The third-order valence-electron chi connectivity index (χ3n) is 4.13. The fourth-order valence-electron chi connectivity index (χ4n) is 2.68. The summed E-state index contributed by atoms with van der Waals surface area (Å²) < 4.78 is 5.72. The zero-order valence-electron chi connectivity index (χ0n) is 15.7. The smallest absolute Gasteiger partial charge is 0.288 e. The van der Waals surface area contributed by atoms with Gasteiger partial charge in [0.15, 0.2) is 5.17 Å². The molecule has 0 atom stereocenters. The molecule has 0 radical (unpaired) electrons. The molecule has 2 heterocycles. The first-order valence-electron chi connectivity index (χ1n) is 8.91. The number of thioether (sulfide) groups is 1. The van der Waals surface area contributed by atoms with Crippen LogP contribution in [0.4, 0.5) is 5.69 Å². The molecule has 1 aromatic heterocycles. The van der Waals surface area contributed by atoms with Crippen LogP contribution in [0, 0.1) is 10.1 Å². The van der Waals surface area contributed by atoms with Gasteiger partial charge in [-0.3, -0.25) is 20.2 Å². The molecule has 0 unspecified atom stereocenters. The SMILES string of the molecule is O=C1N/C(=N/N=C\c2ccccc2)S/C1=C/c1ccc(-c2ccc(Cl)c([N+](=O)[O-])c2)o1. The Hall–Kier alpha value is -3.69. The van der Waals surface area contributed by atoms with Crippen molar-refractivity contribution in [2.24, 2.45) is 10.2 Å². The lowest BCUT2D eigenvalue weighted by Crippen LogP contribution is -2.19. The van der Waals surface area contributed by atoms with E-state index < -0.39 is 4.92 Å². The van der Waals surface area contributed by atoms with Crippen LogP contribution in [0.1, 0.15) is 11.3 Å². The molecule has 4 rings (SSSR count). The van der Waals surface area contributed by atoms with Gasteiger partial charge >= 0.3 is 0 Å². The van der Waals surface area contributed by atoms with E-state index >= 15 is 0 Å². The minimum absolute atomic E-state index is 0.0448. The van der Waals surface area contributed by atoms with Gasteiger partial charge in [-0.1, -0.05) is 41.9 Å². The van der Waals surface area contributed by atoms with Crippen LogP contribution in [0.25, 0.3) is 17.4 Å². The molecule has 1 fully saturated rings. The monoisotopic (exact) mass is 452 g/mol. The molecule has 1 aliphatic heterocycles. The molecule has 1 amide bonds. The minimum Gasteiger partial charge on any atom is -0.457 e. The number of amides is 1. The van der Waals surface area contributed by atoms with Crippen molar-refractivity contribution >= 4 is 52.4 Å². The Morgan fingerprint density at radius 1 is 1.13 bits per heavy atom.